The van der Waals surface area contributed by atoms with E-state index in [1.807, 2.05) is 0 Å². The third kappa shape index (κ3) is 3.16. The Labute approximate surface area is 120 Å². The molecular weight excluding hydrogens is 280 g/mol. The summed E-state index contributed by atoms with van der Waals surface area (Å²) in [6.45, 7) is 0.259. The van der Waals surface area contributed by atoms with Crippen LogP contribution in [0.15, 0.2) is 18.2 Å². The van der Waals surface area contributed by atoms with E-state index in [-0.39, 0.29) is 24.4 Å². The summed E-state index contributed by atoms with van der Waals surface area (Å²) in [4.78, 5) is 24.8. The van der Waals surface area contributed by atoms with Crippen LogP contribution in [0.3, 0.4) is 0 Å². The van der Waals surface area contributed by atoms with Crippen LogP contribution in [0.5, 0.6) is 0 Å². The van der Waals surface area contributed by atoms with Crippen LogP contribution in [-0.4, -0.2) is 30.3 Å². The minimum Gasteiger partial charge on any atom is -0.345 e. The molecule has 0 bridgehead atoms. The molecule has 110 valence electrons. The largest absolute Gasteiger partial charge is 0.345 e. The van der Waals surface area contributed by atoms with Gasteiger partial charge in [0, 0.05) is 31.6 Å². The van der Waals surface area contributed by atoms with Crippen molar-refractivity contribution < 1.29 is 18.4 Å². The van der Waals surface area contributed by atoms with Crippen molar-refractivity contribution in [1.82, 2.24) is 10.2 Å². The van der Waals surface area contributed by atoms with Gasteiger partial charge in [0.1, 0.15) is 17.7 Å². The smallest absolute Gasteiger partial charge is 0.226 e. The van der Waals surface area contributed by atoms with Crippen LogP contribution in [0.25, 0.3) is 0 Å². The van der Waals surface area contributed by atoms with Gasteiger partial charge in [-0.05, 0) is 6.07 Å². The number of benzene rings is 1. The fraction of sp³-hybridized carbons (Fsp3) is 0.357. The molecule has 0 unspecified atom stereocenters. The lowest BCUT2D eigenvalue weighted by Gasteiger charge is -2.16. The normalized spacial score (nSPS) is 19.2. The Hall–Kier alpha value is -2.49. The minimum absolute atomic E-state index is 0.0619. The van der Waals surface area contributed by atoms with Gasteiger partial charge in [0.25, 0.3) is 0 Å². The molecule has 2 amide bonds. The van der Waals surface area contributed by atoms with Crippen LogP contribution >= 0.6 is 0 Å². The van der Waals surface area contributed by atoms with Gasteiger partial charge in [0.05, 0.1) is 12.0 Å². The molecule has 0 radical (unpaired) electrons. The fourth-order valence-electron chi connectivity index (χ4n) is 2.21. The number of hydrogen-bond donors (Lipinski definition) is 1. The average Bonchev–Trinajstić information content (AvgIpc) is 2.76. The van der Waals surface area contributed by atoms with Crippen molar-refractivity contribution in [3.8, 4) is 6.07 Å². The number of likely N-dealkylation sites (tertiary alicyclic amines) is 1. The van der Waals surface area contributed by atoms with Gasteiger partial charge in [-0.1, -0.05) is 6.07 Å². The number of amides is 2. The number of nitriles is 1. The highest BCUT2D eigenvalue weighted by molar-refractivity contribution is 5.89. The number of halogens is 2. The van der Waals surface area contributed by atoms with E-state index in [0.29, 0.717) is 6.07 Å². The molecule has 1 N–H and O–H groups in total. The van der Waals surface area contributed by atoms with E-state index < -0.39 is 29.5 Å². The summed E-state index contributed by atoms with van der Waals surface area (Å²) in [5.41, 5.74) is -0.107. The summed E-state index contributed by atoms with van der Waals surface area (Å²) in [6.07, 6.45) is 0.0619. The Bertz CT molecular complexity index is 627. The van der Waals surface area contributed by atoms with Gasteiger partial charge in [0.15, 0.2) is 0 Å². The zero-order valence-electron chi connectivity index (χ0n) is 11.3. The molecule has 7 heteroatoms. The third-order valence-corrected chi connectivity index (χ3v) is 3.40. The van der Waals surface area contributed by atoms with Crippen LogP contribution in [0.2, 0.25) is 0 Å². The van der Waals surface area contributed by atoms with Gasteiger partial charge in [0.2, 0.25) is 11.8 Å². The van der Waals surface area contributed by atoms with Crippen LogP contribution in [0.4, 0.5) is 8.78 Å². The van der Waals surface area contributed by atoms with Crippen LogP contribution in [0.1, 0.15) is 18.0 Å². The van der Waals surface area contributed by atoms with Gasteiger partial charge in [-0.3, -0.25) is 9.59 Å². The van der Waals surface area contributed by atoms with Gasteiger partial charge < -0.3 is 10.2 Å². The fourth-order valence-corrected chi connectivity index (χ4v) is 2.21. The molecule has 2 atom stereocenters. The van der Waals surface area contributed by atoms with Crippen molar-refractivity contribution in [2.75, 3.05) is 13.6 Å². The molecule has 0 aliphatic carbocycles. The predicted octanol–water partition coefficient (Wildman–Crippen LogP) is 1.12. The summed E-state index contributed by atoms with van der Waals surface area (Å²) >= 11 is 0. The van der Waals surface area contributed by atoms with Crippen molar-refractivity contribution in [2.45, 2.75) is 12.5 Å². The molecule has 5 nitrogen and oxygen atoms in total. The first-order chi connectivity index (χ1) is 9.92. The van der Waals surface area contributed by atoms with E-state index in [2.05, 4.69) is 5.32 Å². The highest BCUT2D eigenvalue weighted by Crippen LogP contribution is 2.21. The second-order valence-corrected chi connectivity index (χ2v) is 4.91. The van der Waals surface area contributed by atoms with E-state index in [9.17, 15) is 18.4 Å². The number of rotatable bonds is 3. The van der Waals surface area contributed by atoms with E-state index in [0.717, 1.165) is 12.1 Å². The molecule has 1 aliphatic rings. The highest BCUT2D eigenvalue weighted by Gasteiger charge is 2.33. The Morgan fingerprint density at radius 1 is 1.52 bits per heavy atom. The van der Waals surface area contributed by atoms with E-state index in [1.165, 1.54) is 4.90 Å². The maximum atomic E-state index is 13.6. The maximum Gasteiger partial charge on any atom is 0.226 e. The molecule has 0 aromatic heterocycles. The molecule has 1 heterocycles. The standard InChI is InChI=1S/C14H13F2N3O2/c1-19-7-8(4-13(19)20)14(21)18-12(6-17)10-3-2-9(15)5-11(10)16/h2-3,5,8,12H,4,7H2,1H3,(H,18,21)/t8-,12+/m0/s1. The Morgan fingerprint density at radius 2 is 2.24 bits per heavy atom. The Kier molecular flexibility index (Phi) is 4.17. The summed E-state index contributed by atoms with van der Waals surface area (Å²) in [6, 6.07) is 3.32. The SMILES string of the molecule is CN1C[C@@H](C(=O)N[C@H](C#N)c2ccc(F)cc2F)CC1=O. The van der Waals surface area contributed by atoms with Crippen molar-refractivity contribution >= 4 is 11.8 Å². The van der Waals surface area contributed by atoms with E-state index in [1.54, 1.807) is 13.1 Å². The van der Waals surface area contributed by atoms with Crippen molar-refractivity contribution in [2.24, 2.45) is 5.92 Å². The number of hydrogen-bond acceptors (Lipinski definition) is 3. The second kappa shape index (κ2) is 5.87. The molecular formula is C14H13F2N3O2. The molecule has 1 aromatic rings. The molecule has 1 fully saturated rings. The molecule has 1 saturated heterocycles. The van der Waals surface area contributed by atoms with Gasteiger partial charge in [-0.25, -0.2) is 8.78 Å². The number of nitrogens with one attached hydrogen (secondary N) is 1. The predicted molar refractivity (Wildman–Crippen MR) is 68.6 cm³/mol. The molecule has 2 rings (SSSR count). The lowest BCUT2D eigenvalue weighted by atomic mass is 10.0. The number of carbonyl (C=O) groups excluding carboxylic acids is 2. The lowest BCUT2D eigenvalue weighted by molar-refractivity contribution is -0.128. The van der Waals surface area contributed by atoms with Gasteiger partial charge >= 0.3 is 0 Å². The average molecular weight is 293 g/mol. The van der Waals surface area contributed by atoms with E-state index >= 15 is 0 Å². The first kappa shape index (κ1) is 14.9. The van der Waals surface area contributed by atoms with Crippen LogP contribution < -0.4 is 5.32 Å². The zero-order valence-corrected chi connectivity index (χ0v) is 11.3. The third-order valence-electron chi connectivity index (χ3n) is 3.40. The Balaban J connectivity index is 2.11. The molecule has 1 aromatic carbocycles. The van der Waals surface area contributed by atoms with Crippen molar-refractivity contribution in [3.05, 3.63) is 35.4 Å². The number of nitrogens with zero attached hydrogens (tertiary/aromatic N) is 2. The molecule has 21 heavy (non-hydrogen) atoms. The molecule has 0 saturated carbocycles. The van der Waals surface area contributed by atoms with Crippen molar-refractivity contribution in [3.63, 3.8) is 0 Å². The summed E-state index contributed by atoms with van der Waals surface area (Å²) < 4.78 is 26.5. The number of carbonyl (C=O) groups is 2. The molecule has 0 spiro atoms. The quantitative estimate of drug-likeness (QED) is 0.907. The van der Waals surface area contributed by atoms with Crippen LogP contribution in [-0.2, 0) is 9.59 Å². The first-order valence-electron chi connectivity index (χ1n) is 6.31. The van der Waals surface area contributed by atoms with Crippen LogP contribution in [0, 0.1) is 28.9 Å². The monoisotopic (exact) mass is 293 g/mol. The van der Waals surface area contributed by atoms with Crippen molar-refractivity contribution in [1.29, 1.82) is 5.26 Å². The summed E-state index contributed by atoms with van der Waals surface area (Å²) in [5, 5.41) is 11.5. The summed E-state index contributed by atoms with van der Waals surface area (Å²) in [7, 11) is 1.58. The zero-order chi connectivity index (χ0) is 15.6. The first-order valence-corrected chi connectivity index (χ1v) is 6.31. The van der Waals surface area contributed by atoms with E-state index in [4.69, 9.17) is 5.26 Å². The lowest BCUT2D eigenvalue weighted by Crippen LogP contribution is -2.35. The van der Waals surface area contributed by atoms with Gasteiger partial charge in [-0.2, -0.15) is 5.26 Å². The summed E-state index contributed by atoms with van der Waals surface area (Å²) in [5.74, 6) is -2.88. The maximum absolute atomic E-state index is 13.6. The second-order valence-electron chi connectivity index (χ2n) is 4.91. The minimum atomic E-state index is -1.22. The topological polar surface area (TPSA) is 73.2 Å². The van der Waals surface area contributed by atoms with Gasteiger partial charge in [-0.15, -0.1) is 0 Å². The Morgan fingerprint density at radius 3 is 2.76 bits per heavy atom. The molecule has 1 aliphatic heterocycles. The highest BCUT2D eigenvalue weighted by atomic mass is 19.1.